The second kappa shape index (κ2) is 6.70. The van der Waals surface area contributed by atoms with E-state index in [1.807, 2.05) is 0 Å². The van der Waals surface area contributed by atoms with Crippen molar-refractivity contribution in [3.8, 4) is 0 Å². The average molecular weight is 321 g/mol. The molecule has 0 bridgehead atoms. The van der Waals surface area contributed by atoms with Gasteiger partial charge >= 0.3 is 12.2 Å². The van der Waals surface area contributed by atoms with Gasteiger partial charge in [-0.05, 0) is 25.1 Å². The van der Waals surface area contributed by atoms with E-state index in [-0.39, 0.29) is 5.69 Å². The van der Waals surface area contributed by atoms with Crippen LogP contribution < -0.4 is 16.4 Å². The number of imide groups is 1. The molecule has 1 rings (SSSR count). The van der Waals surface area contributed by atoms with Crippen LogP contribution in [0, 0.1) is 0 Å². The molecule has 0 heterocycles. The Morgan fingerprint density at radius 2 is 1.95 bits per heavy atom. The van der Waals surface area contributed by atoms with Crippen molar-refractivity contribution in [2.45, 2.75) is 23.2 Å². The van der Waals surface area contributed by atoms with Gasteiger partial charge in [-0.15, -0.1) is 11.8 Å². The summed E-state index contributed by atoms with van der Waals surface area (Å²) >= 11 is 0.966. The number of carbonyl (C=O) groups excluding carboxylic acids is 2. The van der Waals surface area contributed by atoms with Crippen LogP contribution in [0.2, 0.25) is 0 Å². The fourth-order valence-corrected chi connectivity index (χ4v) is 2.24. The fraction of sp³-hybridized carbons (Fsp3) is 0.333. The second-order valence-corrected chi connectivity index (χ2v) is 5.46. The molecule has 21 heavy (non-hydrogen) atoms. The van der Waals surface area contributed by atoms with Gasteiger partial charge in [0.2, 0.25) is 5.91 Å². The molecule has 0 spiro atoms. The monoisotopic (exact) mass is 321 g/mol. The Morgan fingerprint density at radius 3 is 2.43 bits per heavy atom. The predicted molar refractivity (Wildman–Crippen MR) is 73.8 cm³/mol. The SMILES string of the molecule is CNC(=O)NC(=O)C(C)Sc1ccc(C(F)(F)F)cc1N. The molecule has 0 saturated heterocycles. The third-order valence-electron chi connectivity index (χ3n) is 2.47. The molecule has 0 aliphatic carbocycles. The van der Waals surface area contributed by atoms with Gasteiger partial charge in [-0.1, -0.05) is 0 Å². The number of hydrogen-bond donors (Lipinski definition) is 3. The number of nitrogens with one attached hydrogen (secondary N) is 2. The summed E-state index contributed by atoms with van der Waals surface area (Å²) in [5, 5.41) is 3.60. The third-order valence-corrected chi connectivity index (χ3v) is 3.67. The van der Waals surface area contributed by atoms with Crippen molar-refractivity contribution >= 4 is 29.4 Å². The van der Waals surface area contributed by atoms with Gasteiger partial charge in [0.25, 0.3) is 0 Å². The molecule has 0 saturated carbocycles. The number of anilines is 1. The Hall–Kier alpha value is -1.90. The molecule has 1 aromatic rings. The minimum Gasteiger partial charge on any atom is -0.398 e. The molecule has 0 fully saturated rings. The van der Waals surface area contributed by atoms with Gasteiger partial charge in [0.1, 0.15) is 0 Å². The van der Waals surface area contributed by atoms with Crippen molar-refractivity contribution in [3.05, 3.63) is 23.8 Å². The van der Waals surface area contributed by atoms with E-state index in [1.54, 1.807) is 0 Å². The molecule has 4 N–H and O–H groups in total. The van der Waals surface area contributed by atoms with Crippen LogP contribution in [0.5, 0.6) is 0 Å². The van der Waals surface area contributed by atoms with Crippen LogP contribution in [-0.4, -0.2) is 24.2 Å². The molecule has 0 aromatic heterocycles. The first-order valence-electron chi connectivity index (χ1n) is 5.81. The summed E-state index contributed by atoms with van der Waals surface area (Å²) in [6.45, 7) is 1.51. The number of urea groups is 1. The minimum atomic E-state index is -4.47. The molecule has 3 amide bonds. The highest BCUT2D eigenvalue weighted by atomic mass is 32.2. The van der Waals surface area contributed by atoms with E-state index in [2.05, 4.69) is 10.6 Å². The van der Waals surface area contributed by atoms with Crippen LogP contribution >= 0.6 is 11.8 Å². The first-order chi connectivity index (χ1) is 9.65. The van der Waals surface area contributed by atoms with E-state index in [9.17, 15) is 22.8 Å². The molecule has 1 aromatic carbocycles. The van der Waals surface area contributed by atoms with Crippen LogP contribution in [0.1, 0.15) is 12.5 Å². The van der Waals surface area contributed by atoms with Crippen molar-refractivity contribution in [1.29, 1.82) is 0 Å². The number of benzene rings is 1. The zero-order valence-corrected chi connectivity index (χ0v) is 12.1. The summed E-state index contributed by atoms with van der Waals surface area (Å²) in [7, 11) is 1.36. The van der Waals surface area contributed by atoms with Crippen molar-refractivity contribution < 1.29 is 22.8 Å². The molecule has 1 atom stereocenters. The molecule has 1 unspecified atom stereocenters. The molecule has 116 valence electrons. The normalized spacial score (nSPS) is 12.6. The second-order valence-electron chi connectivity index (χ2n) is 4.08. The van der Waals surface area contributed by atoms with Crippen molar-refractivity contribution in [3.63, 3.8) is 0 Å². The molecular formula is C12H14F3N3O2S. The lowest BCUT2D eigenvalue weighted by Crippen LogP contribution is -2.41. The van der Waals surface area contributed by atoms with Gasteiger partial charge in [0, 0.05) is 17.6 Å². The smallest absolute Gasteiger partial charge is 0.398 e. The molecule has 9 heteroatoms. The zero-order chi connectivity index (χ0) is 16.2. The van der Waals surface area contributed by atoms with Crippen LogP contribution in [0.4, 0.5) is 23.7 Å². The topological polar surface area (TPSA) is 84.2 Å². The molecule has 0 aliphatic rings. The number of amides is 3. The van der Waals surface area contributed by atoms with Gasteiger partial charge in [-0.25, -0.2) is 4.79 Å². The summed E-state index contributed by atoms with van der Waals surface area (Å²) in [5.41, 5.74) is 4.63. The summed E-state index contributed by atoms with van der Waals surface area (Å²) in [4.78, 5) is 23.0. The van der Waals surface area contributed by atoms with Crippen LogP contribution in [0.25, 0.3) is 0 Å². The van der Waals surface area contributed by atoms with Gasteiger partial charge < -0.3 is 11.1 Å². The number of carbonyl (C=O) groups is 2. The van der Waals surface area contributed by atoms with E-state index in [4.69, 9.17) is 5.73 Å². The van der Waals surface area contributed by atoms with E-state index >= 15 is 0 Å². The highest BCUT2D eigenvalue weighted by Crippen LogP contribution is 2.35. The third kappa shape index (κ3) is 4.85. The Morgan fingerprint density at radius 1 is 1.33 bits per heavy atom. The summed E-state index contributed by atoms with van der Waals surface area (Å²) in [5.74, 6) is -0.571. The number of nitrogen functional groups attached to an aromatic ring is 1. The number of hydrogen-bond acceptors (Lipinski definition) is 4. The summed E-state index contributed by atoms with van der Waals surface area (Å²) < 4.78 is 37.5. The fourth-order valence-electron chi connectivity index (χ4n) is 1.35. The average Bonchev–Trinajstić information content (AvgIpc) is 2.39. The lowest BCUT2D eigenvalue weighted by molar-refractivity contribution is -0.137. The van der Waals surface area contributed by atoms with Gasteiger partial charge in [-0.3, -0.25) is 10.1 Å². The Bertz CT molecular complexity index is 549. The van der Waals surface area contributed by atoms with Crippen LogP contribution in [0.15, 0.2) is 23.1 Å². The van der Waals surface area contributed by atoms with Crippen molar-refractivity contribution in [1.82, 2.24) is 10.6 Å². The number of rotatable bonds is 3. The molecule has 5 nitrogen and oxygen atoms in total. The first kappa shape index (κ1) is 17.2. The van der Waals surface area contributed by atoms with Crippen LogP contribution in [0.3, 0.4) is 0 Å². The van der Waals surface area contributed by atoms with E-state index < -0.39 is 28.9 Å². The Balaban J connectivity index is 2.79. The Labute approximate surface area is 123 Å². The molecule has 0 aliphatic heterocycles. The maximum atomic E-state index is 12.5. The Kier molecular flexibility index (Phi) is 5.47. The summed E-state index contributed by atoms with van der Waals surface area (Å²) in [6.07, 6.45) is -4.47. The maximum Gasteiger partial charge on any atom is 0.416 e. The maximum absolute atomic E-state index is 12.5. The summed E-state index contributed by atoms with van der Waals surface area (Å²) in [6, 6.07) is 2.24. The van der Waals surface area contributed by atoms with Gasteiger partial charge in [0.15, 0.2) is 0 Å². The minimum absolute atomic E-state index is 0.0746. The highest BCUT2D eigenvalue weighted by molar-refractivity contribution is 8.00. The zero-order valence-electron chi connectivity index (χ0n) is 11.2. The standard InChI is InChI=1S/C12H14F3N3O2S/c1-6(10(19)18-11(20)17-2)21-9-4-3-7(5-8(9)16)12(13,14)15/h3-6H,16H2,1-2H3,(H2,17,18,19,20). The lowest BCUT2D eigenvalue weighted by atomic mass is 10.2. The van der Waals surface area contributed by atoms with E-state index in [1.165, 1.54) is 20.0 Å². The largest absolute Gasteiger partial charge is 0.416 e. The number of thioether (sulfide) groups is 1. The van der Waals surface area contributed by atoms with E-state index in [0.717, 1.165) is 23.9 Å². The van der Waals surface area contributed by atoms with Gasteiger partial charge in [-0.2, -0.15) is 13.2 Å². The quantitative estimate of drug-likeness (QED) is 0.589. The van der Waals surface area contributed by atoms with Crippen LogP contribution in [-0.2, 0) is 11.0 Å². The first-order valence-corrected chi connectivity index (χ1v) is 6.69. The van der Waals surface area contributed by atoms with Gasteiger partial charge in [0.05, 0.1) is 10.8 Å². The van der Waals surface area contributed by atoms with Crippen molar-refractivity contribution in [2.75, 3.05) is 12.8 Å². The number of halogens is 3. The number of nitrogens with two attached hydrogens (primary N) is 1. The number of alkyl halides is 3. The highest BCUT2D eigenvalue weighted by Gasteiger charge is 2.31. The van der Waals surface area contributed by atoms with Crippen molar-refractivity contribution in [2.24, 2.45) is 0 Å². The lowest BCUT2D eigenvalue weighted by Gasteiger charge is -2.14. The predicted octanol–water partition coefficient (Wildman–Crippen LogP) is 2.22. The van der Waals surface area contributed by atoms with E-state index in [0.29, 0.717) is 4.90 Å². The molecule has 0 radical (unpaired) electrons. The molecular weight excluding hydrogens is 307 g/mol.